The second-order valence-electron chi connectivity index (χ2n) is 4.77. The Morgan fingerprint density at radius 3 is 2.60 bits per heavy atom. The number of hydrogen-bond donors (Lipinski definition) is 1. The molecule has 0 radical (unpaired) electrons. The summed E-state index contributed by atoms with van der Waals surface area (Å²) in [6.45, 7) is 2.02. The first-order valence-corrected chi connectivity index (χ1v) is 6.60. The molecule has 0 aliphatic carbocycles. The van der Waals surface area contributed by atoms with Crippen LogP contribution >= 0.6 is 0 Å². The van der Waals surface area contributed by atoms with Crippen molar-refractivity contribution >= 4 is 16.6 Å². The van der Waals surface area contributed by atoms with Crippen LogP contribution in [0.15, 0.2) is 60.7 Å². The van der Waals surface area contributed by atoms with E-state index in [1.165, 1.54) is 0 Å². The molecule has 3 rings (SSSR count). The van der Waals surface area contributed by atoms with E-state index in [1.54, 1.807) is 0 Å². The molecule has 3 aromatic rings. The van der Waals surface area contributed by atoms with E-state index in [0.717, 1.165) is 22.2 Å². The fourth-order valence-electron chi connectivity index (χ4n) is 2.16. The molecule has 0 saturated heterocycles. The van der Waals surface area contributed by atoms with Crippen molar-refractivity contribution in [1.82, 2.24) is 4.98 Å². The van der Waals surface area contributed by atoms with Crippen LogP contribution in [0.1, 0.15) is 18.6 Å². The Bertz CT molecular complexity index is 725. The average molecular weight is 264 g/mol. The van der Waals surface area contributed by atoms with Crippen LogP contribution in [0.4, 0.5) is 5.69 Å². The van der Waals surface area contributed by atoms with Crippen LogP contribution in [-0.4, -0.2) is 4.98 Å². The minimum atomic E-state index is -0.0325. The number of aromatic nitrogens is 1. The van der Waals surface area contributed by atoms with E-state index >= 15 is 0 Å². The fourth-order valence-corrected chi connectivity index (χ4v) is 2.16. The molecule has 1 heterocycles. The van der Waals surface area contributed by atoms with Gasteiger partial charge < -0.3 is 10.5 Å². The highest BCUT2D eigenvalue weighted by Gasteiger charge is 2.08. The van der Waals surface area contributed by atoms with Gasteiger partial charge in [0.2, 0.25) is 5.88 Å². The number of ether oxygens (including phenoxy) is 1. The third kappa shape index (κ3) is 2.57. The van der Waals surface area contributed by atoms with Crippen molar-refractivity contribution in [1.29, 1.82) is 0 Å². The van der Waals surface area contributed by atoms with Crippen LogP contribution in [0.3, 0.4) is 0 Å². The van der Waals surface area contributed by atoms with E-state index in [4.69, 9.17) is 10.5 Å². The number of nitrogens with two attached hydrogens (primary N) is 1. The molecule has 0 bridgehead atoms. The zero-order valence-electron chi connectivity index (χ0n) is 11.3. The summed E-state index contributed by atoms with van der Waals surface area (Å²) in [4.78, 5) is 4.50. The van der Waals surface area contributed by atoms with Crippen molar-refractivity contribution in [3.05, 3.63) is 66.2 Å². The van der Waals surface area contributed by atoms with Gasteiger partial charge in [-0.1, -0.05) is 30.3 Å². The van der Waals surface area contributed by atoms with Crippen molar-refractivity contribution < 1.29 is 4.74 Å². The standard InChI is InChI=1S/C17H16N2O/c1-12(13-5-3-2-4-6-13)20-17-10-7-14-11-15(18)8-9-16(14)19-17/h2-12H,18H2,1H3. The lowest BCUT2D eigenvalue weighted by molar-refractivity contribution is 0.218. The summed E-state index contributed by atoms with van der Waals surface area (Å²) in [6, 6.07) is 19.6. The highest BCUT2D eigenvalue weighted by atomic mass is 16.5. The predicted molar refractivity (Wildman–Crippen MR) is 81.6 cm³/mol. The maximum Gasteiger partial charge on any atom is 0.214 e. The van der Waals surface area contributed by atoms with Gasteiger partial charge in [-0.2, -0.15) is 0 Å². The van der Waals surface area contributed by atoms with E-state index in [2.05, 4.69) is 4.98 Å². The van der Waals surface area contributed by atoms with Crippen LogP contribution < -0.4 is 10.5 Å². The van der Waals surface area contributed by atoms with Crippen LogP contribution in [-0.2, 0) is 0 Å². The Morgan fingerprint density at radius 1 is 1.00 bits per heavy atom. The zero-order chi connectivity index (χ0) is 13.9. The normalized spacial score (nSPS) is 12.2. The summed E-state index contributed by atoms with van der Waals surface area (Å²) in [5, 5.41) is 1.02. The van der Waals surface area contributed by atoms with Gasteiger partial charge in [0, 0.05) is 17.1 Å². The number of hydrogen-bond acceptors (Lipinski definition) is 3. The van der Waals surface area contributed by atoms with E-state index in [0.29, 0.717) is 5.88 Å². The fraction of sp³-hybridized carbons (Fsp3) is 0.118. The first kappa shape index (κ1) is 12.5. The summed E-state index contributed by atoms with van der Waals surface area (Å²) in [5.41, 5.74) is 8.52. The van der Waals surface area contributed by atoms with Gasteiger partial charge in [0.1, 0.15) is 6.10 Å². The molecule has 2 N–H and O–H groups in total. The maximum absolute atomic E-state index is 5.90. The van der Waals surface area contributed by atoms with Gasteiger partial charge in [-0.3, -0.25) is 0 Å². The highest BCUT2D eigenvalue weighted by Crippen LogP contribution is 2.23. The van der Waals surface area contributed by atoms with Gasteiger partial charge in [-0.15, -0.1) is 0 Å². The lowest BCUT2D eigenvalue weighted by atomic mass is 10.1. The third-order valence-electron chi connectivity index (χ3n) is 3.25. The lowest BCUT2D eigenvalue weighted by Crippen LogP contribution is -2.04. The molecule has 0 saturated carbocycles. The Labute approximate surface area is 118 Å². The van der Waals surface area contributed by atoms with Crippen molar-refractivity contribution in [2.24, 2.45) is 0 Å². The number of fused-ring (bicyclic) bond motifs is 1. The smallest absolute Gasteiger partial charge is 0.214 e. The molecule has 2 aromatic carbocycles. The number of nitrogen functional groups attached to an aromatic ring is 1. The quantitative estimate of drug-likeness (QED) is 0.728. The number of anilines is 1. The zero-order valence-corrected chi connectivity index (χ0v) is 11.3. The average Bonchev–Trinajstić information content (AvgIpc) is 2.48. The third-order valence-corrected chi connectivity index (χ3v) is 3.25. The topological polar surface area (TPSA) is 48.1 Å². The molecule has 100 valence electrons. The molecule has 1 atom stereocenters. The van der Waals surface area contributed by atoms with E-state index in [9.17, 15) is 0 Å². The largest absolute Gasteiger partial charge is 0.470 e. The van der Waals surface area contributed by atoms with Crippen molar-refractivity contribution in [3.8, 4) is 5.88 Å². The molecule has 0 amide bonds. The second kappa shape index (κ2) is 5.21. The molecule has 3 nitrogen and oxygen atoms in total. The summed E-state index contributed by atoms with van der Waals surface area (Å²) in [5.74, 6) is 0.624. The Kier molecular flexibility index (Phi) is 3.25. The summed E-state index contributed by atoms with van der Waals surface area (Å²) in [6.07, 6.45) is -0.0325. The number of nitrogens with zero attached hydrogens (tertiary/aromatic N) is 1. The van der Waals surface area contributed by atoms with Crippen molar-refractivity contribution in [2.75, 3.05) is 5.73 Å². The maximum atomic E-state index is 5.90. The van der Waals surface area contributed by atoms with Gasteiger partial charge >= 0.3 is 0 Å². The molecule has 1 aromatic heterocycles. The lowest BCUT2D eigenvalue weighted by Gasteiger charge is -2.14. The summed E-state index contributed by atoms with van der Waals surface area (Å²) in [7, 11) is 0. The van der Waals surface area contributed by atoms with Crippen molar-refractivity contribution in [2.45, 2.75) is 13.0 Å². The molecule has 0 fully saturated rings. The Hall–Kier alpha value is -2.55. The molecule has 0 spiro atoms. The van der Waals surface area contributed by atoms with Gasteiger partial charge in [0.05, 0.1) is 5.52 Å². The molecular weight excluding hydrogens is 248 g/mol. The predicted octanol–water partition coefficient (Wildman–Crippen LogP) is 3.96. The van der Waals surface area contributed by atoms with Gasteiger partial charge in [0.25, 0.3) is 0 Å². The molecule has 0 aliphatic heterocycles. The Balaban J connectivity index is 1.86. The van der Waals surface area contributed by atoms with Crippen LogP contribution in [0, 0.1) is 0 Å². The Morgan fingerprint density at radius 2 is 1.80 bits per heavy atom. The number of pyridine rings is 1. The molecular formula is C17H16N2O. The van der Waals surface area contributed by atoms with Crippen LogP contribution in [0.25, 0.3) is 10.9 Å². The molecule has 20 heavy (non-hydrogen) atoms. The van der Waals surface area contributed by atoms with E-state index in [1.807, 2.05) is 67.6 Å². The first-order chi connectivity index (χ1) is 9.72. The molecule has 0 aliphatic rings. The van der Waals surface area contributed by atoms with Crippen LogP contribution in [0.5, 0.6) is 5.88 Å². The summed E-state index contributed by atoms with van der Waals surface area (Å²) < 4.78 is 5.90. The van der Waals surface area contributed by atoms with E-state index in [-0.39, 0.29) is 6.10 Å². The minimum absolute atomic E-state index is 0.0325. The number of rotatable bonds is 3. The van der Waals surface area contributed by atoms with E-state index < -0.39 is 0 Å². The summed E-state index contributed by atoms with van der Waals surface area (Å²) >= 11 is 0. The molecule has 3 heteroatoms. The SMILES string of the molecule is CC(Oc1ccc2cc(N)ccc2n1)c1ccccc1. The molecule has 1 unspecified atom stereocenters. The van der Waals surface area contributed by atoms with Crippen LogP contribution in [0.2, 0.25) is 0 Å². The minimum Gasteiger partial charge on any atom is -0.470 e. The van der Waals surface area contributed by atoms with Gasteiger partial charge in [-0.05, 0) is 36.8 Å². The monoisotopic (exact) mass is 264 g/mol. The van der Waals surface area contributed by atoms with Gasteiger partial charge in [0.15, 0.2) is 0 Å². The highest BCUT2D eigenvalue weighted by molar-refractivity contribution is 5.82. The van der Waals surface area contributed by atoms with Gasteiger partial charge in [-0.25, -0.2) is 4.98 Å². The second-order valence-corrected chi connectivity index (χ2v) is 4.77. The van der Waals surface area contributed by atoms with Crippen molar-refractivity contribution in [3.63, 3.8) is 0 Å². The first-order valence-electron chi connectivity index (χ1n) is 6.60. The number of benzene rings is 2.